The van der Waals surface area contributed by atoms with E-state index in [9.17, 15) is 18.0 Å². The molecule has 1 rings (SSSR count). The Morgan fingerprint density at radius 2 is 2.06 bits per heavy atom. The van der Waals surface area contributed by atoms with Gasteiger partial charge in [0.15, 0.2) is 0 Å². The Balaban J connectivity index is 2.17. The summed E-state index contributed by atoms with van der Waals surface area (Å²) in [7, 11) is 1.50. The Kier molecular flexibility index (Phi) is 4.70. The van der Waals surface area contributed by atoms with Crippen LogP contribution in [0.4, 0.5) is 13.2 Å². The highest BCUT2D eigenvalue weighted by Gasteiger charge is 2.44. The van der Waals surface area contributed by atoms with Gasteiger partial charge in [-0.25, -0.2) is 4.79 Å². The van der Waals surface area contributed by atoms with E-state index in [4.69, 9.17) is 4.84 Å². The monoisotopic (exact) mass is 256 g/mol. The minimum atomic E-state index is -4.98. The van der Waals surface area contributed by atoms with Gasteiger partial charge in [0.2, 0.25) is 0 Å². The smallest absolute Gasteiger partial charge is 0.393 e. The first-order valence-electron chi connectivity index (χ1n) is 4.64. The molecule has 0 bridgehead atoms. The standard InChI is InChI=1S/C8H11F3N2O4/c1-15-2-3-16-12-6-4-13(5-6)17-7(14)8(9,10)11/h2-5H2,1H3. The van der Waals surface area contributed by atoms with Crippen molar-refractivity contribution < 1.29 is 32.4 Å². The summed E-state index contributed by atoms with van der Waals surface area (Å²) >= 11 is 0. The molecular formula is C8H11F3N2O4. The number of halogens is 3. The van der Waals surface area contributed by atoms with Crippen LogP contribution in [0.1, 0.15) is 0 Å². The maximum atomic E-state index is 11.8. The molecule has 0 aromatic carbocycles. The summed E-state index contributed by atoms with van der Waals surface area (Å²) in [5.41, 5.74) is 0.496. The number of ether oxygens (including phenoxy) is 1. The van der Waals surface area contributed by atoms with E-state index in [1.54, 1.807) is 0 Å². The maximum Gasteiger partial charge on any atom is 0.492 e. The zero-order valence-electron chi connectivity index (χ0n) is 8.99. The number of hydrogen-bond donors (Lipinski definition) is 0. The Hall–Kier alpha value is -1.35. The molecule has 1 aliphatic heterocycles. The van der Waals surface area contributed by atoms with E-state index in [-0.39, 0.29) is 19.7 Å². The molecule has 0 radical (unpaired) electrons. The van der Waals surface area contributed by atoms with E-state index in [0.717, 1.165) is 5.06 Å². The molecule has 0 atom stereocenters. The van der Waals surface area contributed by atoms with Crippen molar-refractivity contribution in [2.45, 2.75) is 6.18 Å². The zero-order valence-corrected chi connectivity index (χ0v) is 8.99. The van der Waals surface area contributed by atoms with Crippen molar-refractivity contribution in [1.29, 1.82) is 0 Å². The van der Waals surface area contributed by atoms with Gasteiger partial charge < -0.3 is 14.4 Å². The first-order valence-corrected chi connectivity index (χ1v) is 4.64. The summed E-state index contributed by atoms with van der Waals surface area (Å²) in [4.78, 5) is 19.2. The molecule has 98 valence electrons. The Morgan fingerprint density at radius 1 is 1.41 bits per heavy atom. The third-order valence-corrected chi connectivity index (χ3v) is 1.73. The van der Waals surface area contributed by atoms with Gasteiger partial charge in [-0.1, -0.05) is 5.16 Å². The molecule has 0 aromatic rings. The van der Waals surface area contributed by atoms with Crippen molar-refractivity contribution in [3.63, 3.8) is 0 Å². The second-order valence-corrected chi connectivity index (χ2v) is 3.16. The highest BCUT2D eigenvalue weighted by atomic mass is 19.4. The summed E-state index contributed by atoms with van der Waals surface area (Å²) in [6.07, 6.45) is -4.98. The first-order chi connectivity index (χ1) is 7.93. The van der Waals surface area contributed by atoms with Crippen LogP contribution in [0.15, 0.2) is 5.16 Å². The van der Waals surface area contributed by atoms with Crippen LogP contribution >= 0.6 is 0 Å². The van der Waals surface area contributed by atoms with E-state index in [0.29, 0.717) is 12.3 Å². The highest BCUT2D eigenvalue weighted by molar-refractivity contribution is 5.92. The SMILES string of the molecule is COCCON=C1CN(OC(=O)C(F)(F)F)C1. The number of carbonyl (C=O) groups is 1. The number of hydroxylamine groups is 2. The van der Waals surface area contributed by atoms with Crippen LogP contribution in [0.2, 0.25) is 0 Å². The summed E-state index contributed by atoms with van der Waals surface area (Å²) in [6.45, 7) is 0.634. The van der Waals surface area contributed by atoms with Crippen LogP contribution < -0.4 is 0 Å². The second kappa shape index (κ2) is 5.82. The maximum absolute atomic E-state index is 11.8. The quantitative estimate of drug-likeness (QED) is 0.524. The molecule has 0 N–H and O–H groups in total. The predicted octanol–water partition coefficient (Wildman–Crippen LogP) is 0.341. The number of hydrogen-bond acceptors (Lipinski definition) is 6. The van der Waals surface area contributed by atoms with Crippen LogP contribution in [-0.2, 0) is 19.2 Å². The fourth-order valence-electron chi connectivity index (χ4n) is 0.910. The largest absolute Gasteiger partial charge is 0.492 e. The third-order valence-electron chi connectivity index (χ3n) is 1.73. The predicted molar refractivity (Wildman–Crippen MR) is 49.0 cm³/mol. The van der Waals surface area contributed by atoms with Crippen molar-refractivity contribution in [1.82, 2.24) is 5.06 Å². The minimum Gasteiger partial charge on any atom is -0.393 e. The molecule has 0 saturated carbocycles. The van der Waals surface area contributed by atoms with Crippen LogP contribution in [0.25, 0.3) is 0 Å². The third kappa shape index (κ3) is 4.57. The fraction of sp³-hybridized carbons (Fsp3) is 0.750. The van der Waals surface area contributed by atoms with Crippen LogP contribution in [-0.4, -0.2) is 56.3 Å². The van der Waals surface area contributed by atoms with Crippen molar-refractivity contribution >= 4 is 11.7 Å². The average molecular weight is 256 g/mol. The normalized spacial score (nSPS) is 16.4. The van der Waals surface area contributed by atoms with E-state index in [1.807, 2.05) is 0 Å². The minimum absolute atomic E-state index is 0.00873. The van der Waals surface area contributed by atoms with Crippen molar-refractivity contribution in [2.75, 3.05) is 33.4 Å². The number of nitrogens with zero attached hydrogens (tertiary/aromatic N) is 2. The molecule has 1 fully saturated rings. The van der Waals surface area contributed by atoms with Gasteiger partial charge in [-0.15, -0.1) is 5.06 Å². The molecule has 0 amide bonds. The van der Waals surface area contributed by atoms with Crippen molar-refractivity contribution in [3.8, 4) is 0 Å². The number of methoxy groups -OCH3 is 1. The Bertz CT molecular complexity index is 298. The Labute approximate surface area is 94.9 Å². The number of oxime groups is 1. The van der Waals surface area contributed by atoms with Gasteiger partial charge >= 0.3 is 12.1 Å². The molecular weight excluding hydrogens is 245 g/mol. The molecule has 9 heteroatoms. The van der Waals surface area contributed by atoms with E-state index in [1.165, 1.54) is 7.11 Å². The lowest BCUT2D eigenvalue weighted by atomic mass is 10.2. The number of alkyl halides is 3. The van der Waals surface area contributed by atoms with Crippen LogP contribution in [0, 0.1) is 0 Å². The van der Waals surface area contributed by atoms with Gasteiger partial charge in [-0.05, 0) is 0 Å². The lowest BCUT2D eigenvalue weighted by Crippen LogP contribution is -2.50. The first kappa shape index (κ1) is 13.7. The number of rotatable bonds is 5. The van der Waals surface area contributed by atoms with Gasteiger partial charge in [0.25, 0.3) is 0 Å². The summed E-state index contributed by atoms with van der Waals surface area (Å²) in [6, 6.07) is 0. The molecule has 0 aromatic heterocycles. The highest BCUT2D eigenvalue weighted by Crippen LogP contribution is 2.18. The topological polar surface area (TPSA) is 60.4 Å². The van der Waals surface area contributed by atoms with Crippen molar-refractivity contribution in [3.05, 3.63) is 0 Å². The van der Waals surface area contributed by atoms with Gasteiger partial charge in [0.05, 0.1) is 25.4 Å². The van der Waals surface area contributed by atoms with Gasteiger partial charge in [0, 0.05) is 7.11 Å². The summed E-state index contributed by atoms with van der Waals surface area (Å²) < 4.78 is 40.0. The molecule has 1 saturated heterocycles. The molecule has 0 aliphatic carbocycles. The molecule has 1 aliphatic rings. The van der Waals surface area contributed by atoms with Crippen LogP contribution in [0.3, 0.4) is 0 Å². The lowest BCUT2D eigenvalue weighted by molar-refractivity contribution is -0.238. The zero-order chi connectivity index (χ0) is 12.9. The fourth-order valence-corrected chi connectivity index (χ4v) is 0.910. The van der Waals surface area contributed by atoms with Crippen LogP contribution in [0.5, 0.6) is 0 Å². The van der Waals surface area contributed by atoms with Gasteiger partial charge in [-0.2, -0.15) is 13.2 Å². The Morgan fingerprint density at radius 3 is 2.59 bits per heavy atom. The summed E-state index contributed by atoms with van der Waals surface area (Å²) in [5.74, 6) is -2.24. The summed E-state index contributed by atoms with van der Waals surface area (Å²) in [5, 5.41) is 4.45. The van der Waals surface area contributed by atoms with Crippen molar-refractivity contribution in [2.24, 2.45) is 5.16 Å². The molecule has 6 nitrogen and oxygen atoms in total. The lowest BCUT2D eigenvalue weighted by Gasteiger charge is -2.29. The average Bonchev–Trinajstić information content (AvgIpc) is 2.18. The second-order valence-electron chi connectivity index (χ2n) is 3.16. The number of carbonyl (C=O) groups excluding carboxylic acids is 1. The van der Waals surface area contributed by atoms with E-state index < -0.39 is 12.1 Å². The molecule has 0 spiro atoms. The molecule has 17 heavy (non-hydrogen) atoms. The molecule has 0 unspecified atom stereocenters. The molecule has 1 heterocycles. The van der Waals surface area contributed by atoms with E-state index >= 15 is 0 Å². The van der Waals surface area contributed by atoms with Gasteiger partial charge in [0.1, 0.15) is 6.61 Å². The van der Waals surface area contributed by atoms with E-state index in [2.05, 4.69) is 14.7 Å². The van der Waals surface area contributed by atoms with Gasteiger partial charge in [-0.3, -0.25) is 0 Å².